The summed E-state index contributed by atoms with van der Waals surface area (Å²) in [5.41, 5.74) is 9.32. The number of hydrogen-bond donors (Lipinski definition) is 1. The van der Waals surface area contributed by atoms with Gasteiger partial charge in [-0.25, -0.2) is 0 Å². The summed E-state index contributed by atoms with van der Waals surface area (Å²) in [7, 11) is 0. The van der Waals surface area contributed by atoms with Crippen LogP contribution in [0.5, 0.6) is 11.5 Å². The fourth-order valence-electron chi connectivity index (χ4n) is 8.24. The summed E-state index contributed by atoms with van der Waals surface area (Å²) in [5, 5.41) is 5.52. The first-order valence-corrected chi connectivity index (χ1v) is 19.0. The Morgan fingerprint density at radius 2 is 1.43 bits per heavy atom. The van der Waals surface area contributed by atoms with E-state index in [0.717, 1.165) is 103 Å². The lowest BCUT2D eigenvalue weighted by Crippen LogP contribution is -2.42. The molecule has 6 heteroatoms. The summed E-state index contributed by atoms with van der Waals surface area (Å²) < 4.78 is 12.8. The van der Waals surface area contributed by atoms with E-state index < -0.39 is 5.92 Å². The quantitative estimate of drug-likeness (QED) is 0.131. The number of carbonyl (C=O) groups excluding carboxylic acids is 2. The normalized spacial score (nSPS) is 20.5. The van der Waals surface area contributed by atoms with Gasteiger partial charge in [0.1, 0.15) is 28.9 Å². The molecule has 1 fully saturated rings. The molecule has 5 aliphatic rings. The molecule has 4 aromatic carbocycles. The topological polar surface area (TPSA) is 77.0 Å². The van der Waals surface area contributed by atoms with Crippen molar-refractivity contribution in [3.05, 3.63) is 152 Å². The minimum Gasteiger partial charge on any atom is -0.461 e. The second-order valence-corrected chi connectivity index (χ2v) is 16.9. The zero-order valence-electron chi connectivity index (χ0n) is 31.7. The number of fused-ring (bicyclic) bond motifs is 4. The number of rotatable bonds is 3. The summed E-state index contributed by atoms with van der Waals surface area (Å²) in [5.74, 6) is 1.98. The van der Waals surface area contributed by atoms with Gasteiger partial charge >= 0.3 is 0 Å². The number of para-hydroxylation sites is 3. The van der Waals surface area contributed by atoms with Crippen LogP contribution in [0.4, 0.5) is 5.69 Å². The average Bonchev–Trinajstić information content (AvgIpc) is 3.85. The average molecular weight is 713 g/mol. The predicted octanol–water partition coefficient (Wildman–Crippen LogP) is 8.44. The van der Waals surface area contributed by atoms with Crippen molar-refractivity contribution < 1.29 is 19.1 Å². The molecular formula is C48H44N2O4. The van der Waals surface area contributed by atoms with Gasteiger partial charge in [0.15, 0.2) is 11.6 Å². The minimum atomic E-state index is -0.934. The first kappa shape index (κ1) is 34.0. The third-order valence-electron chi connectivity index (χ3n) is 11.1. The van der Waals surface area contributed by atoms with Gasteiger partial charge in [0, 0.05) is 51.5 Å². The molecule has 0 unspecified atom stereocenters. The van der Waals surface area contributed by atoms with E-state index in [1.165, 1.54) is 5.56 Å². The number of allylic oxidation sites excluding steroid dienone is 7. The smallest absolute Gasteiger partial charge is 0.181 e. The van der Waals surface area contributed by atoms with Gasteiger partial charge in [-0.1, -0.05) is 108 Å². The van der Waals surface area contributed by atoms with Gasteiger partial charge in [-0.2, -0.15) is 0 Å². The highest BCUT2D eigenvalue weighted by Crippen LogP contribution is 2.50. The number of ether oxygens (including phenoxy) is 2. The number of hydrogen-bond acceptors (Lipinski definition) is 6. The standard InChI is InChI=1S/C48H44N2O4/c1-47(2,3)39-25-34(30-13-7-9-16-37(30)53-39)32-19-18-28(29-21-23-50-44(29)32)24-36-45(51)42(46(36)52)41(33-15-11-12-27-20-22-49-43(27)33)35-26-40(48(4,5)6)54-38-17-10-8-14-31(35)38/h7-19,24-26,42,49H,20-23H2,1-6H3. The summed E-state index contributed by atoms with van der Waals surface area (Å²) in [4.78, 5) is 34.1. The Balaban J connectivity index is 1.19. The van der Waals surface area contributed by atoms with Crippen LogP contribution in [0.15, 0.2) is 113 Å². The molecule has 4 aliphatic heterocycles. The van der Waals surface area contributed by atoms with E-state index in [9.17, 15) is 9.59 Å². The van der Waals surface area contributed by atoms with Crippen LogP contribution in [-0.4, -0.2) is 24.7 Å². The second-order valence-electron chi connectivity index (χ2n) is 16.9. The van der Waals surface area contributed by atoms with Gasteiger partial charge < -0.3 is 14.8 Å². The molecule has 0 spiro atoms. The maximum Gasteiger partial charge on any atom is 0.181 e. The lowest BCUT2D eigenvalue weighted by molar-refractivity contribution is -0.134. The van der Waals surface area contributed by atoms with Gasteiger partial charge in [0.25, 0.3) is 0 Å². The van der Waals surface area contributed by atoms with E-state index in [2.05, 4.69) is 71.1 Å². The summed E-state index contributed by atoms with van der Waals surface area (Å²) in [6.45, 7) is 14.3. The predicted molar refractivity (Wildman–Crippen MR) is 214 cm³/mol. The highest BCUT2D eigenvalue weighted by atomic mass is 16.5. The van der Waals surface area contributed by atoms with Gasteiger partial charge in [-0.05, 0) is 76.6 Å². The van der Waals surface area contributed by atoms with Gasteiger partial charge in [-0.3, -0.25) is 14.6 Å². The van der Waals surface area contributed by atoms with E-state index in [1.807, 2.05) is 72.8 Å². The number of Topliss-reactive ketones (excluding diaryl/α,β-unsaturated/α-hetero) is 2. The zero-order chi connectivity index (χ0) is 37.5. The van der Waals surface area contributed by atoms with E-state index in [1.54, 1.807) is 0 Å². The molecular weight excluding hydrogens is 669 g/mol. The Kier molecular flexibility index (Phi) is 7.82. The number of nitrogens with one attached hydrogen (secondary N) is 1. The Morgan fingerprint density at radius 1 is 0.759 bits per heavy atom. The Hall–Kier alpha value is -5.75. The molecule has 0 bridgehead atoms. The van der Waals surface area contributed by atoms with Crippen molar-refractivity contribution in [3.8, 4) is 11.5 Å². The summed E-state index contributed by atoms with van der Waals surface area (Å²) >= 11 is 0. The molecule has 0 radical (unpaired) electrons. The largest absolute Gasteiger partial charge is 0.461 e. The Bertz CT molecular complexity index is 2570. The van der Waals surface area contributed by atoms with E-state index in [-0.39, 0.29) is 28.0 Å². The van der Waals surface area contributed by atoms with Crippen LogP contribution in [-0.2, 0) is 22.4 Å². The van der Waals surface area contributed by atoms with Crippen LogP contribution in [0.3, 0.4) is 0 Å². The number of ketones is 2. The number of anilines is 1. The van der Waals surface area contributed by atoms with Gasteiger partial charge in [0.2, 0.25) is 0 Å². The van der Waals surface area contributed by atoms with Crippen molar-refractivity contribution in [2.75, 3.05) is 18.4 Å². The maximum absolute atomic E-state index is 14.6. The first-order chi connectivity index (χ1) is 25.9. The molecule has 4 aromatic rings. The number of nitrogens with zero attached hydrogens (tertiary/aromatic N) is 1. The van der Waals surface area contributed by atoms with E-state index in [0.29, 0.717) is 6.54 Å². The molecule has 270 valence electrons. The third-order valence-corrected chi connectivity index (χ3v) is 11.1. The summed E-state index contributed by atoms with van der Waals surface area (Å²) in [6.07, 6.45) is 7.64. The first-order valence-electron chi connectivity index (χ1n) is 19.0. The molecule has 54 heavy (non-hydrogen) atoms. The third kappa shape index (κ3) is 5.50. The second kappa shape index (κ2) is 12.4. The monoisotopic (exact) mass is 712 g/mol. The van der Waals surface area contributed by atoms with E-state index in [4.69, 9.17) is 14.5 Å². The van der Waals surface area contributed by atoms with Crippen molar-refractivity contribution in [2.45, 2.75) is 54.4 Å². The van der Waals surface area contributed by atoms with Crippen molar-refractivity contribution in [2.24, 2.45) is 21.7 Å². The molecule has 0 aromatic heterocycles. The molecule has 4 heterocycles. The van der Waals surface area contributed by atoms with Crippen LogP contribution in [0.1, 0.15) is 74.9 Å². The number of carbonyl (C=O) groups is 2. The Morgan fingerprint density at radius 3 is 2.15 bits per heavy atom. The molecule has 1 N–H and O–H groups in total. The molecule has 6 nitrogen and oxygen atoms in total. The van der Waals surface area contributed by atoms with Gasteiger partial charge in [-0.15, -0.1) is 0 Å². The lowest BCUT2D eigenvalue weighted by Gasteiger charge is -2.34. The van der Waals surface area contributed by atoms with Crippen molar-refractivity contribution in [1.82, 2.24) is 0 Å². The number of benzene rings is 4. The van der Waals surface area contributed by atoms with Crippen LogP contribution in [0, 0.1) is 16.7 Å². The SMILES string of the molecule is CC(C)(C)C1=CC(=C(c2cccc3c2NCC3)C2C(=O)C(=Cc3ccc(=C4C=C(C(C)(C)C)Oc5ccccc54)c4c3CCN=4)C2=O)c2ccccc2O1. The fraction of sp³-hybridized carbons (Fsp3) is 0.271. The highest BCUT2D eigenvalue weighted by Gasteiger charge is 2.48. The van der Waals surface area contributed by atoms with Crippen LogP contribution >= 0.6 is 0 Å². The zero-order valence-corrected chi connectivity index (χ0v) is 31.7. The van der Waals surface area contributed by atoms with Crippen molar-refractivity contribution >= 4 is 40.0 Å². The van der Waals surface area contributed by atoms with Crippen LogP contribution in [0.2, 0.25) is 0 Å². The Labute approximate surface area is 316 Å². The molecule has 0 amide bonds. The highest BCUT2D eigenvalue weighted by molar-refractivity contribution is 6.46. The van der Waals surface area contributed by atoms with Crippen LogP contribution < -0.4 is 25.4 Å². The molecule has 0 saturated heterocycles. The van der Waals surface area contributed by atoms with Crippen molar-refractivity contribution in [3.63, 3.8) is 0 Å². The molecule has 1 saturated carbocycles. The summed E-state index contributed by atoms with van der Waals surface area (Å²) in [6, 6.07) is 26.4. The molecule has 1 aliphatic carbocycles. The molecule has 0 atom stereocenters. The minimum absolute atomic E-state index is 0.161. The van der Waals surface area contributed by atoms with Crippen molar-refractivity contribution in [1.29, 1.82) is 0 Å². The van der Waals surface area contributed by atoms with Crippen LogP contribution in [0.25, 0.3) is 22.8 Å². The fourth-order valence-corrected chi connectivity index (χ4v) is 8.24. The van der Waals surface area contributed by atoms with E-state index >= 15 is 0 Å². The maximum atomic E-state index is 14.6. The van der Waals surface area contributed by atoms with Gasteiger partial charge in [0.05, 0.1) is 10.9 Å². The molecule has 9 rings (SSSR count). The lowest BCUT2D eigenvalue weighted by atomic mass is 9.67.